The van der Waals surface area contributed by atoms with Crippen LogP contribution in [-0.4, -0.2) is 29.4 Å². The molecule has 176 valence electrons. The average molecular weight is 457 g/mol. The van der Waals surface area contributed by atoms with Gasteiger partial charge in [-0.25, -0.2) is 8.42 Å². The maximum Gasteiger partial charge on any atom is 1.00 e. The third kappa shape index (κ3) is 22.1. The largest absolute Gasteiger partial charge is 1.00 e. The van der Waals surface area contributed by atoms with Crippen molar-refractivity contribution in [2.45, 2.75) is 154 Å². The Bertz CT molecular complexity index is 442. The van der Waals surface area contributed by atoms with Crippen LogP contribution in [0.1, 0.15) is 142 Å². The van der Waals surface area contributed by atoms with E-state index in [4.69, 9.17) is 0 Å². The van der Waals surface area contributed by atoms with Gasteiger partial charge in [0.1, 0.15) is 0 Å². The van der Waals surface area contributed by atoms with Gasteiger partial charge in [-0.15, -0.1) is 0 Å². The number of hydrogen-bond donors (Lipinski definition) is 1. The molecule has 0 aromatic heterocycles. The van der Waals surface area contributed by atoms with Gasteiger partial charge in [0.2, 0.25) is 0 Å². The molecule has 4 nitrogen and oxygen atoms in total. The second-order valence-corrected chi connectivity index (χ2v) is 10.5. The molecule has 0 bridgehead atoms. The SMILES string of the molecule is CCCCCCCCCCCCC(CCCCCCCCC(O)CC)S(=O)(=O)[O-].[Na+]. The van der Waals surface area contributed by atoms with Gasteiger partial charge in [0.25, 0.3) is 0 Å². The number of aliphatic hydroxyl groups excluding tert-OH is 1. The van der Waals surface area contributed by atoms with Crippen molar-refractivity contribution >= 4 is 10.1 Å². The number of unbranched alkanes of at least 4 members (excludes halogenated alkanes) is 14. The van der Waals surface area contributed by atoms with Crippen molar-refractivity contribution in [3.05, 3.63) is 0 Å². The smallest absolute Gasteiger partial charge is 0.748 e. The van der Waals surface area contributed by atoms with Crippen LogP contribution in [0, 0.1) is 0 Å². The molecule has 0 heterocycles. The number of rotatable bonds is 22. The summed E-state index contributed by atoms with van der Waals surface area (Å²) < 4.78 is 34.6. The molecule has 0 fully saturated rings. The van der Waals surface area contributed by atoms with Crippen LogP contribution in [0.2, 0.25) is 0 Å². The van der Waals surface area contributed by atoms with Crippen molar-refractivity contribution in [2.24, 2.45) is 0 Å². The van der Waals surface area contributed by atoms with Crippen LogP contribution in [0.5, 0.6) is 0 Å². The van der Waals surface area contributed by atoms with Gasteiger partial charge in [-0.3, -0.25) is 0 Å². The van der Waals surface area contributed by atoms with E-state index in [9.17, 15) is 18.1 Å². The van der Waals surface area contributed by atoms with E-state index in [1.807, 2.05) is 6.92 Å². The zero-order valence-corrected chi connectivity index (χ0v) is 23.2. The van der Waals surface area contributed by atoms with Gasteiger partial charge in [-0.05, 0) is 25.7 Å². The molecule has 30 heavy (non-hydrogen) atoms. The monoisotopic (exact) mass is 456 g/mol. The van der Waals surface area contributed by atoms with Crippen LogP contribution in [0.25, 0.3) is 0 Å². The van der Waals surface area contributed by atoms with Crippen molar-refractivity contribution in [3.8, 4) is 0 Å². The van der Waals surface area contributed by atoms with Crippen LogP contribution in [0.15, 0.2) is 0 Å². The zero-order valence-electron chi connectivity index (χ0n) is 20.4. The molecular formula is C24H49NaO4S. The van der Waals surface area contributed by atoms with Crippen molar-refractivity contribution in [1.82, 2.24) is 0 Å². The first kappa shape index (κ1) is 33.0. The Kier molecular flexibility index (Phi) is 25.4. The molecule has 0 aliphatic rings. The molecule has 0 aliphatic carbocycles. The molecule has 0 spiro atoms. The van der Waals surface area contributed by atoms with E-state index in [1.165, 1.54) is 44.9 Å². The number of hydrogen-bond acceptors (Lipinski definition) is 4. The molecule has 2 unspecified atom stereocenters. The molecule has 0 amide bonds. The Balaban J connectivity index is 0. The first-order valence-electron chi connectivity index (χ1n) is 12.5. The van der Waals surface area contributed by atoms with Gasteiger partial charge in [-0.2, -0.15) is 0 Å². The zero-order chi connectivity index (χ0) is 21.8. The molecule has 0 aromatic carbocycles. The predicted octanol–water partition coefficient (Wildman–Crippen LogP) is 4.11. The van der Waals surface area contributed by atoms with E-state index in [0.717, 1.165) is 70.6 Å². The minimum atomic E-state index is -4.17. The van der Waals surface area contributed by atoms with Gasteiger partial charge in [0, 0.05) is 5.25 Å². The molecule has 2 atom stereocenters. The van der Waals surface area contributed by atoms with Gasteiger partial charge in [0.05, 0.1) is 16.2 Å². The Morgan fingerprint density at radius 3 is 1.30 bits per heavy atom. The molecule has 0 rings (SSSR count). The summed E-state index contributed by atoms with van der Waals surface area (Å²) in [4.78, 5) is 0. The molecular weight excluding hydrogens is 407 g/mol. The molecule has 0 radical (unpaired) electrons. The Morgan fingerprint density at radius 2 is 0.967 bits per heavy atom. The van der Waals surface area contributed by atoms with Crippen molar-refractivity contribution in [2.75, 3.05) is 0 Å². The summed E-state index contributed by atoms with van der Waals surface area (Å²) >= 11 is 0. The normalized spacial score (nSPS) is 13.7. The van der Waals surface area contributed by atoms with Crippen LogP contribution in [0.4, 0.5) is 0 Å². The van der Waals surface area contributed by atoms with Gasteiger partial charge >= 0.3 is 29.6 Å². The maximum absolute atomic E-state index is 11.5. The van der Waals surface area contributed by atoms with Crippen molar-refractivity contribution in [3.63, 3.8) is 0 Å². The molecule has 0 aromatic rings. The topological polar surface area (TPSA) is 77.4 Å². The molecule has 0 saturated carbocycles. The predicted molar refractivity (Wildman–Crippen MR) is 123 cm³/mol. The first-order valence-corrected chi connectivity index (χ1v) is 14.0. The second-order valence-electron chi connectivity index (χ2n) is 8.85. The van der Waals surface area contributed by atoms with E-state index < -0.39 is 15.4 Å². The number of aliphatic hydroxyl groups is 1. The van der Waals surface area contributed by atoms with Crippen molar-refractivity contribution in [1.29, 1.82) is 0 Å². The van der Waals surface area contributed by atoms with Crippen molar-refractivity contribution < 1.29 is 47.6 Å². The Labute approximate surface area is 210 Å². The van der Waals surface area contributed by atoms with E-state index in [1.54, 1.807) is 0 Å². The summed E-state index contributed by atoms with van der Waals surface area (Å²) in [7, 11) is -4.17. The van der Waals surface area contributed by atoms with E-state index in [2.05, 4.69) is 6.92 Å². The fourth-order valence-corrected chi connectivity index (χ4v) is 4.87. The van der Waals surface area contributed by atoms with Gasteiger partial charge < -0.3 is 9.66 Å². The standard InChI is InChI=1S/C24H50O4S.Na/c1-3-5-6-7-8-9-10-11-15-18-21-24(29(26,27)28)22-19-16-13-12-14-17-20-23(25)4-2;/h23-25H,3-22H2,1-2H3,(H,26,27,28);/q;+1/p-1. The van der Waals surface area contributed by atoms with Gasteiger partial charge in [0.15, 0.2) is 0 Å². The Hall–Kier alpha value is 0.870. The summed E-state index contributed by atoms with van der Waals surface area (Å²) in [5, 5.41) is 8.84. The third-order valence-electron chi connectivity index (χ3n) is 6.07. The van der Waals surface area contributed by atoms with Crippen LogP contribution in [0.3, 0.4) is 0 Å². The molecule has 0 aliphatic heterocycles. The summed E-state index contributed by atoms with van der Waals surface area (Å²) in [6, 6.07) is 0. The van der Waals surface area contributed by atoms with E-state index in [0.29, 0.717) is 12.8 Å². The summed E-state index contributed by atoms with van der Waals surface area (Å²) in [5.41, 5.74) is 0. The second kappa shape index (κ2) is 23.0. The fraction of sp³-hybridized carbons (Fsp3) is 1.00. The molecule has 0 saturated heterocycles. The quantitative estimate of drug-likeness (QED) is 0.151. The molecule has 1 N–H and O–H groups in total. The van der Waals surface area contributed by atoms with E-state index in [-0.39, 0.29) is 35.7 Å². The van der Waals surface area contributed by atoms with E-state index >= 15 is 0 Å². The average Bonchev–Trinajstić information content (AvgIpc) is 2.68. The summed E-state index contributed by atoms with van der Waals surface area (Å²) in [6.07, 6.45) is 21.1. The first-order chi connectivity index (χ1) is 13.9. The maximum atomic E-state index is 11.5. The summed E-state index contributed by atoms with van der Waals surface area (Å²) in [6.45, 7) is 4.23. The van der Waals surface area contributed by atoms with Crippen LogP contribution in [-0.2, 0) is 10.1 Å². The van der Waals surface area contributed by atoms with Gasteiger partial charge in [-0.1, -0.05) is 117 Å². The third-order valence-corrected chi connectivity index (χ3v) is 7.36. The Morgan fingerprint density at radius 1 is 0.633 bits per heavy atom. The summed E-state index contributed by atoms with van der Waals surface area (Å²) in [5.74, 6) is 0. The minimum Gasteiger partial charge on any atom is -0.748 e. The molecule has 6 heteroatoms. The minimum absolute atomic E-state index is 0. The van der Waals surface area contributed by atoms with Crippen LogP contribution >= 0.6 is 0 Å². The fourth-order valence-electron chi connectivity index (χ4n) is 3.96. The van der Waals surface area contributed by atoms with Crippen LogP contribution < -0.4 is 29.6 Å².